The SMILES string of the molecule is CC(NC(=O)c1ccc(CCl)cc1)c1ccsc1. The van der Waals surface area contributed by atoms with Crippen molar-refractivity contribution in [2.24, 2.45) is 0 Å². The fourth-order valence-corrected chi connectivity index (χ4v) is 2.56. The van der Waals surface area contributed by atoms with E-state index >= 15 is 0 Å². The van der Waals surface area contributed by atoms with Gasteiger partial charge in [0.25, 0.3) is 5.91 Å². The fraction of sp³-hybridized carbons (Fsp3) is 0.214. The monoisotopic (exact) mass is 279 g/mol. The molecule has 2 rings (SSSR count). The van der Waals surface area contributed by atoms with Crippen LogP contribution >= 0.6 is 22.9 Å². The zero-order valence-electron chi connectivity index (χ0n) is 10.0. The number of hydrogen-bond acceptors (Lipinski definition) is 2. The minimum atomic E-state index is -0.0603. The summed E-state index contributed by atoms with van der Waals surface area (Å²) in [5, 5.41) is 7.02. The zero-order valence-corrected chi connectivity index (χ0v) is 11.6. The van der Waals surface area contributed by atoms with Gasteiger partial charge in [0, 0.05) is 11.4 Å². The van der Waals surface area contributed by atoms with Crippen LogP contribution in [0, 0.1) is 0 Å². The molecule has 1 atom stereocenters. The Morgan fingerprint density at radius 2 is 2.06 bits per heavy atom. The van der Waals surface area contributed by atoms with E-state index in [2.05, 4.69) is 5.32 Å². The van der Waals surface area contributed by atoms with E-state index in [9.17, 15) is 4.79 Å². The quantitative estimate of drug-likeness (QED) is 0.843. The second-order valence-electron chi connectivity index (χ2n) is 4.08. The molecule has 2 aromatic rings. The number of amides is 1. The molecular formula is C14H14ClNOS. The van der Waals surface area contributed by atoms with E-state index in [1.54, 1.807) is 23.5 Å². The normalized spacial score (nSPS) is 12.1. The Hall–Kier alpha value is -1.32. The zero-order chi connectivity index (χ0) is 13.0. The highest BCUT2D eigenvalue weighted by Crippen LogP contribution is 2.16. The molecule has 1 amide bonds. The number of halogens is 1. The minimum Gasteiger partial charge on any atom is -0.345 e. The van der Waals surface area contributed by atoms with Gasteiger partial charge in [0.05, 0.1) is 6.04 Å². The second kappa shape index (κ2) is 6.03. The predicted octanol–water partition coefficient (Wildman–Crippen LogP) is 3.98. The van der Waals surface area contributed by atoms with Gasteiger partial charge in [-0.05, 0) is 47.0 Å². The molecule has 0 aliphatic carbocycles. The molecule has 0 saturated carbocycles. The number of alkyl halides is 1. The first kappa shape index (κ1) is 13.1. The van der Waals surface area contributed by atoms with Gasteiger partial charge in [-0.3, -0.25) is 4.79 Å². The van der Waals surface area contributed by atoms with Gasteiger partial charge in [-0.15, -0.1) is 11.6 Å². The number of thiophene rings is 1. The van der Waals surface area contributed by atoms with Crippen molar-refractivity contribution < 1.29 is 4.79 Å². The molecule has 1 aromatic carbocycles. The Labute approximate surface area is 116 Å². The maximum atomic E-state index is 12.0. The summed E-state index contributed by atoms with van der Waals surface area (Å²) in [5.74, 6) is 0.405. The van der Waals surface area contributed by atoms with Crippen LogP contribution in [0.25, 0.3) is 0 Å². The van der Waals surface area contributed by atoms with E-state index in [0.29, 0.717) is 11.4 Å². The van der Waals surface area contributed by atoms with Crippen molar-refractivity contribution in [3.63, 3.8) is 0 Å². The summed E-state index contributed by atoms with van der Waals surface area (Å²) in [6.07, 6.45) is 0. The molecule has 0 aliphatic rings. The molecule has 0 spiro atoms. The predicted molar refractivity (Wildman–Crippen MR) is 76.2 cm³/mol. The Morgan fingerprint density at radius 3 is 2.61 bits per heavy atom. The van der Waals surface area contributed by atoms with Crippen molar-refractivity contribution in [2.75, 3.05) is 0 Å². The summed E-state index contributed by atoms with van der Waals surface area (Å²) in [7, 11) is 0. The standard InChI is InChI=1S/C14H14ClNOS/c1-10(13-6-7-18-9-13)16-14(17)12-4-2-11(8-15)3-5-12/h2-7,9-10H,8H2,1H3,(H,16,17). The summed E-state index contributed by atoms with van der Waals surface area (Å²) >= 11 is 7.34. The van der Waals surface area contributed by atoms with E-state index in [1.165, 1.54) is 0 Å². The van der Waals surface area contributed by atoms with Crippen LogP contribution in [0.3, 0.4) is 0 Å². The minimum absolute atomic E-state index is 0.0245. The molecule has 0 bridgehead atoms. The number of carbonyl (C=O) groups is 1. The van der Waals surface area contributed by atoms with Gasteiger partial charge in [-0.25, -0.2) is 0 Å². The van der Waals surface area contributed by atoms with Gasteiger partial charge in [-0.1, -0.05) is 12.1 Å². The maximum absolute atomic E-state index is 12.0. The molecule has 4 heteroatoms. The van der Waals surface area contributed by atoms with Gasteiger partial charge in [0.1, 0.15) is 0 Å². The number of nitrogens with one attached hydrogen (secondary N) is 1. The molecule has 0 fully saturated rings. The van der Waals surface area contributed by atoms with Crippen LogP contribution < -0.4 is 5.32 Å². The molecular weight excluding hydrogens is 266 g/mol. The summed E-state index contributed by atoms with van der Waals surface area (Å²) < 4.78 is 0. The van der Waals surface area contributed by atoms with Crippen LogP contribution in [0.2, 0.25) is 0 Å². The lowest BCUT2D eigenvalue weighted by Crippen LogP contribution is -2.26. The van der Waals surface area contributed by atoms with Crippen LogP contribution in [-0.2, 0) is 5.88 Å². The molecule has 1 aromatic heterocycles. The number of rotatable bonds is 4. The van der Waals surface area contributed by atoms with E-state index in [-0.39, 0.29) is 11.9 Å². The van der Waals surface area contributed by atoms with Crippen molar-refractivity contribution in [1.82, 2.24) is 5.32 Å². The molecule has 18 heavy (non-hydrogen) atoms. The van der Waals surface area contributed by atoms with Gasteiger partial charge in [0.2, 0.25) is 0 Å². The van der Waals surface area contributed by atoms with E-state index in [0.717, 1.165) is 11.1 Å². The fourth-order valence-electron chi connectivity index (χ4n) is 1.63. The van der Waals surface area contributed by atoms with Crippen molar-refractivity contribution in [1.29, 1.82) is 0 Å². The van der Waals surface area contributed by atoms with Gasteiger partial charge in [0.15, 0.2) is 0 Å². The highest BCUT2D eigenvalue weighted by molar-refractivity contribution is 7.07. The van der Waals surface area contributed by atoms with Crippen LogP contribution in [-0.4, -0.2) is 5.91 Å². The van der Waals surface area contributed by atoms with E-state index in [1.807, 2.05) is 35.9 Å². The first-order chi connectivity index (χ1) is 8.70. The van der Waals surface area contributed by atoms with Crippen LogP contribution in [0.1, 0.15) is 34.5 Å². The lowest BCUT2D eigenvalue weighted by Gasteiger charge is -2.12. The lowest BCUT2D eigenvalue weighted by molar-refractivity contribution is 0.0940. The molecule has 1 unspecified atom stereocenters. The van der Waals surface area contributed by atoms with Gasteiger partial charge >= 0.3 is 0 Å². The number of hydrogen-bond donors (Lipinski definition) is 1. The second-order valence-corrected chi connectivity index (χ2v) is 5.13. The maximum Gasteiger partial charge on any atom is 0.251 e. The van der Waals surface area contributed by atoms with Crippen LogP contribution in [0.15, 0.2) is 41.1 Å². The molecule has 0 aliphatic heterocycles. The average molecular weight is 280 g/mol. The third kappa shape index (κ3) is 3.12. The van der Waals surface area contributed by atoms with Crippen molar-refractivity contribution >= 4 is 28.8 Å². The van der Waals surface area contributed by atoms with Gasteiger partial charge in [-0.2, -0.15) is 11.3 Å². The number of benzene rings is 1. The van der Waals surface area contributed by atoms with Crippen LogP contribution in [0.5, 0.6) is 0 Å². The van der Waals surface area contributed by atoms with E-state index < -0.39 is 0 Å². The summed E-state index contributed by atoms with van der Waals surface area (Å²) in [6, 6.07) is 9.39. The smallest absolute Gasteiger partial charge is 0.251 e. The first-order valence-corrected chi connectivity index (χ1v) is 7.16. The summed E-state index contributed by atoms with van der Waals surface area (Å²) in [6.45, 7) is 1.98. The van der Waals surface area contributed by atoms with Crippen molar-refractivity contribution in [3.05, 3.63) is 57.8 Å². The molecule has 0 saturated heterocycles. The summed E-state index contributed by atoms with van der Waals surface area (Å²) in [4.78, 5) is 12.0. The highest BCUT2D eigenvalue weighted by Gasteiger charge is 2.11. The van der Waals surface area contributed by atoms with Crippen molar-refractivity contribution in [3.8, 4) is 0 Å². The van der Waals surface area contributed by atoms with Gasteiger partial charge < -0.3 is 5.32 Å². The van der Waals surface area contributed by atoms with E-state index in [4.69, 9.17) is 11.6 Å². The Morgan fingerprint density at radius 1 is 1.33 bits per heavy atom. The third-order valence-corrected chi connectivity index (χ3v) is 3.77. The lowest BCUT2D eigenvalue weighted by atomic mass is 10.1. The topological polar surface area (TPSA) is 29.1 Å². The number of carbonyl (C=O) groups excluding carboxylic acids is 1. The largest absolute Gasteiger partial charge is 0.345 e. The molecule has 94 valence electrons. The molecule has 1 heterocycles. The van der Waals surface area contributed by atoms with Crippen molar-refractivity contribution in [2.45, 2.75) is 18.8 Å². The highest BCUT2D eigenvalue weighted by atomic mass is 35.5. The Kier molecular flexibility index (Phi) is 4.39. The Bertz CT molecular complexity index is 507. The Balaban J connectivity index is 2.03. The molecule has 1 N–H and O–H groups in total. The molecule has 2 nitrogen and oxygen atoms in total. The first-order valence-electron chi connectivity index (χ1n) is 5.68. The third-order valence-electron chi connectivity index (χ3n) is 2.76. The average Bonchev–Trinajstić information content (AvgIpc) is 2.92. The van der Waals surface area contributed by atoms with Crippen LogP contribution in [0.4, 0.5) is 0 Å². The molecule has 0 radical (unpaired) electrons. The summed E-state index contributed by atoms with van der Waals surface area (Å²) in [5.41, 5.74) is 2.80.